The van der Waals surface area contributed by atoms with Crippen molar-refractivity contribution >= 4 is 11.6 Å². The van der Waals surface area contributed by atoms with Crippen LogP contribution in [0.1, 0.15) is 64.8 Å². The van der Waals surface area contributed by atoms with Gasteiger partial charge < -0.3 is 19.2 Å². The number of carbonyl (C=O) groups is 1. The van der Waals surface area contributed by atoms with Gasteiger partial charge in [0.25, 0.3) is 5.91 Å². The zero-order valence-electron chi connectivity index (χ0n) is 17.9. The minimum absolute atomic E-state index is 0.0390. The zero-order chi connectivity index (χ0) is 21.1. The van der Waals surface area contributed by atoms with E-state index in [-0.39, 0.29) is 18.1 Å². The maximum absolute atomic E-state index is 13.1. The maximum atomic E-state index is 13.1. The summed E-state index contributed by atoms with van der Waals surface area (Å²) in [4.78, 5) is 17.7. The molecule has 0 bridgehead atoms. The normalized spacial score (nSPS) is 18.4. The molecule has 1 aromatic carbocycles. The number of hydrogen-bond acceptors (Lipinski definition) is 4. The number of carbonyl (C=O) groups excluding carboxylic acids is 1. The largest absolute Gasteiger partial charge is 0.379 e. The number of ether oxygens (including phenoxy) is 2. The third-order valence-corrected chi connectivity index (χ3v) is 5.68. The summed E-state index contributed by atoms with van der Waals surface area (Å²) in [5.74, 6) is -0.0921. The fraction of sp³-hybridized carbons (Fsp3) is 0.417. The topological polar surface area (TPSA) is 64.9 Å². The van der Waals surface area contributed by atoms with E-state index in [0.717, 1.165) is 35.4 Å². The fourth-order valence-corrected chi connectivity index (χ4v) is 4.27. The van der Waals surface area contributed by atoms with Crippen molar-refractivity contribution in [2.75, 3.05) is 19.8 Å². The summed E-state index contributed by atoms with van der Waals surface area (Å²) in [7, 11) is 0. The highest BCUT2D eigenvalue weighted by atomic mass is 16.5. The number of benzene rings is 1. The summed E-state index contributed by atoms with van der Waals surface area (Å²) in [6.45, 7) is 7.82. The first-order valence-corrected chi connectivity index (χ1v) is 10.6. The van der Waals surface area contributed by atoms with Crippen LogP contribution in [0.25, 0.3) is 5.65 Å². The first-order valence-electron chi connectivity index (χ1n) is 10.6. The van der Waals surface area contributed by atoms with Gasteiger partial charge in [0.1, 0.15) is 5.65 Å². The van der Waals surface area contributed by atoms with Crippen LogP contribution in [0.3, 0.4) is 0 Å². The van der Waals surface area contributed by atoms with Crippen LogP contribution < -0.4 is 5.32 Å². The second kappa shape index (κ2) is 8.98. The van der Waals surface area contributed by atoms with Crippen molar-refractivity contribution in [3.63, 3.8) is 0 Å². The summed E-state index contributed by atoms with van der Waals surface area (Å²) in [5.41, 5.74) is 5.55. The monoisotopic (exact) mass is 407 g/mol. The molecule has 0 spiro atoms. The maximum Gasteiger partial charge on any atom is 0.255 e. The molecular formula is C24H29N3O3. The predicted octanol–water partition coefficient (Wildman–Crippen LogP) is 4.31. The van der Waals surface area contributed by atoms with E-state index in [2.05, 4.69) is 22.4 Å². The summed E-state index contributed by atoms with van der Waals surface area (Å²) < 4.78 is 13.4. The Bertz CT molecular complexity index is 1040. The molecule has 0 saturated heterocycles. The third-order valence-electron chi connectivity index (χ3n) is 5.68. The van der Waals surface area contributed by atoms with Crippen LogP contribution in [-0.4, -0.2) is 35.1 Å². The molecule has 1 aliphatic carbocycles. The lowest BCUT2D eigenvalue weighted by Crippen LogP contribution is -2.32. The van der Waals surface area contributed by atoms with Gasteiger partial charge in [0.05, 0.1) is 30.9 Å². The summed E-state index contributed by atoms with van der Waals surface area (Å²) >= 11 is 0. The van der Waals surface area contributed by atoms with Crippen molar-refractivity contribution in [3.8, 4) is 0 Å². The summed E-state index contributed by atoms with van der Waals surface area (Å²) in [6, 6.07) is 12.0. The number of hydrogen-bond donors (Lipinski definition) is 1. The van der Waals surface area contributed by atoms with Crippen molar-refractivity contribution in [1.82, 2.24) is 14.7 Å². The molecule has 4 rings (SSSR count). The van der Waals surface area contributed by atoms with Gasteiger partial charge in [-0.25, -0.2) is 4.98 Å². The van der Waals surface area contributed by atoms with Crippen LogP contribution in [0.5, 0.6) is 0 Å². The van der Waals surface area contributed by atoms with Crippen LogP contribution >= 0.6 is 0 Å². The minimum atomic E-state index is -0.0921. The highest BCUT2D eigenvalue weighted by Gasteiger charge is 2.29. The van der Waals surface area contributed by atoms with Gasteiger partial charge in [-0.05, 0) is 56.9 Å². The summed E-state index contributed by atoms with van der Waals surface area (Å²) in [5, 5.41) is 3.23. The Labute approximate surface area is 177 Å². The molecule has 1 amide bonds. The van der Waals surface area contributed by atoms with Gasteiger partial charge >= 0.3 is 0 Å². The predicted molar refractivity (Wildman–Crippen MR) is 116 cm³/mol. The standard InChI is InChI=1S/C24H29N3O3/c1-4-29-13-14-30-22-10-9-21(18-7-5-6-8-19(18)22)26-24(28)20-11-12-27-17(3)15-16(2)25-23(20)27/h5-8,11-12,15,21-22H,4,9-10,13-14H2,1-3H3,(H,26,28). The molecule has 30 heavy (non-hydrogen) atoms. The number of nitrogens with one attached hydrogen (secondary N) is 1. The van der Waals surface area contributed by atoms with Gasteiger partial charge in [-0.2, -0.15) is 0 Å². The van der Waals surface area contributed by atoms with Crippen LogP contribution in [0.15, 0.2) is 42.6 Å². The molecule has 1 aliphatic rings. The molecule has 158 valence electrons. The first kappa shape index (κ1) is 20.6. The van der Waals surface area contributed by atoms with E-state index in [1.165, 1.54) is 0 Å². The molecule has 1 N–H and O–H groups in total. The smallest absolute Gasteiger partial charge is 0.255 e. The highest BCUT2D eigenvalue weighted by Crippen LogP contribution is 2.38. The molecule has 2 heterocycles. The first-order chi connectivity index (χ1) is 14.6. The molecular weight excluding hydrogens is 378 g/mol. The lowest BCUT2D eigenvalue weighted by molar-refractivity contribution is -0.00309. The van der Waals surface area contributed by atoms with Crippen molar-refractivity contribution in [3.05, 3.63) is 70.7 Å². The van der Waals surface area contributed by atoms with Gasteiger partial charge in [-0.15, -0.1) is 0 Å². The molecule has 3 aromatic rings. The number of aromatic nitrogens is 2. The van der Waals surface area contributed by atoms with Crippen LogP contribution in [0, 0.1) is 13.8 Å². The number of amides is 1. The van der Waals surface area contributed by atoms with Gasteiger partial charge in [0.2, 0.25) is 0 Å². The van der Waals surface area contributed by atoms with Gasteiger partial charge in [0.15, 0.2) is 0 Å². The van der Waals surface area contributed by atoms with Gasteiger partial charge in [0, 0.05) is 24.2 Å². The zero-order valence-corrected chi connectivity index (χ0v) is 17.9. The number of rotatable bonds is 7. The number of aryl methyl sites for hydroxylation is 2. The molecule has 0 fully saturated rings. The molecule has 2 aromatic heterocycles. The van der Waals surface area contributed by atoms with E-state index in [0.29, 0.717) is 31.0 Å². The fourth-order valence-electron chi connectivity index (χ4n) is 4.27. The van der Waals surface area contributed by atoms with Crippen LogP contribution in [0.2, 0.25) is 0 Å². The molecule has 0 radical (unpaired) electrons. The molecule has 0 aliphatic heterocycles. The Balaban J connectivity index is 1.53. The van der Waals surface area contributed by atoms with Crippen LogP contribution in [-0.2, 0) is 9.47 Å². The molecule has 0 saturated carbocycles. The quantitative estimate of drug-likeness (QED) is 0.593. The molecule has 2 atom stereocenters. The Morgan fingerprint density at radius 1 is 1.17 bits per heavy atom. The van der Waals surface area contributed by atoms with Crippen molar-refractivity contribution < 1.29 is 14.3 Å². The van der Waals surface area contributed by atoms with E-state index >= 15 is 0 Å². The molecule has 6 heteroatoms. The number of fused-ring (bicyclic) bond motifs is 2. The van der Waals surface area contributed by atoms with E-state index in [1.54, 1.807) is 0 Å². The molecule has 2 unspecified atom stereocenters. The van der Waals surface area contributed by atoms with E-state index in [4.69, 9.17) is 9.47 Å². The van der Waals surface area contributed by atoms with Gasteiger partial charge in [-0.3, -0.25) is 4.79 Å². The lowest BCUT2D eigenvalue weighted by atomic mass is 9.85. The number of nitrogens with zero attached hydrogens (tertiary/aromatic N) is 2. The Morgan fingerprint density at radius 3 is 2.77 bits per heavy atom. The van der Waals surface area contributed by atoms with Crippen molar-refractivity contribution in [1.29, 1.82) is 0 Å². The average Bonchev–Trinajstić information content (AvgIpc) is 3.17. The van der Waals surface area contributed by atoms with Crippen LogP contribution in [0.4, 0.5) is 0 Å². The van der Waals surface area contributed by atoms with E-state index in [9.17, 15) is 4.79 Å². The average molecular weight is 408 g/mol. The third kappa shape index (κ3) is 4.11. The SMILES string of the molecule is CCOCCOC1CCC(NC(=O)c2ccn3c(C)cc(C)nc23)c2ccccc21. The summed E-state index contributed by atoms with van der Waals surface area (Å²) in [6.07, 6.45) is 3.64. The second-order valence-electron chi connectivity index (χ2n) is 7.75. The van der Waals surface area contributed by atoms with Gasteiger partial charge in [-0.1, -0.05) is 24.3 Å². The van der Waals surface area contributed by atoms with Crippen molar-refractivity contribution in [2.45, 2.75) is 45.8 Å². The highest BCUT2D eigenvalue weighted by molar-refractivity contribution is 6.00. The van der Waals surface area contributed by atoms with E-state index < -0.39 is 0 Å². The molecule has 6 nitrogen and oxygen atoms in total. The Hall–Kier alpha value is -2.70. The lowest BCUT2D eigenvalue weighted by Gasteiger charge is -2.32. The van der Waals surface area contributed by atoms with Crippen molar-refractivity contribution in [2.24, 2.45) is 0 Å². The Kier molecular flexibility index (Phi) is 6.16. The van der Waals surface area contributed by atoms with E-state index in [1.807, 2.05) is 55.6 Å². The minimum Gasteiger partial charge on any atom is -0.379 e. The Morgan fingerprint density at radius 2 is 1.97 bits per heavy atom. The second-order valence-corrected chi connectivity index (χ2v) is 7.75.